The Balaban J connectivity index is 1.71. The molecular weight excluding hydrogens is 329 g/mol. The third kappa shape index (κ3) is 3.85. The molecule has 1 atom stereocenters. The number of carbonyl (C=O) groups is 1. The van der Waals surface area contributed by atoms with Crippen molar-refractivity contribution in [3.63, 3.8) is 0 Å². The van der Waals surface area contributed by atoms with Crippen LogP contribution in [-0.2, 0) is 11.3 Å². The molecule has 3 aromatic rings. The summed E-state index contributed by atoms with van der Waals surface area (Å²) in [6.07, 6.45) is 0. The highest BCUT2D eigenvalue weighted by Gasteiger charge is 2.15. The molecular formula is C22H22FNO2. The van der Waals surface area contributed by atoms with Crippen LogP contribution >= 0.6 is 0 Å². The van der Waals surface area contributed by atoms with E-state index >= 15 is 0 Å². The average molecular weight is 351 g/mol. The molecule has 0 aliphatic carbocycles. The Hall–Kier alpha value is -2.88. The molecule has 3 nitrogen and oxygen atoms in total. The van der Waals surface area contributed by atoms with Crippen molar-refractivity contribution in [3.05, 3.63) is 77.1 Å². The lowest BCUT2D eigenvalue weighted by atomic mass is 9.97. The second-order valence-electron chi connectivity index (χ2n) is 6.50. The van der Waals surface area contributed by atoms with Crippen molar-refractivity contribution in [1.82, 2.24) is 5.32 Å². The molecule has 1 N–H and O–H groups in total. The van der Waals surface area contributed by atoms with Gasteiger partial charge in [0.1, 0.15) is 11.6 Å². The van der Waals surface area contributed by atoms with Gasteiger partial charge in [0.15, 0.2) is 0 Å². The van der Waals surface area contributed by atoms with E-state index in [4.69, 9.17) is 4.74 Å². The van der Waals surface area contributed by atoms with Crippen LogP contribution in [0.25, 0.3) is 10.8 Å². The van der Waals surface area contributed by atoms with Gasteiger partial charge in [-0.1, -0.05) is 36.4 Å². The van der Waals surface area contributed by atoms with E-state index in [0.29, 0.717) is 12.1 Å². The van der Waals surface area contributed by atoms with Crippen LogP contribution in [0, 0.1) is 12.7 Å². The SMILES string of the molecule is COc1ccc2cc(C(C)C(=O)NCc3ccc(F)c(C)c3)ccc2c1. The third-order valence-electron chi connectivity index (χ3n) is 4.65. The first-order valence-corrected chi connectivity index (χ1v) is 8.58. The van der Waals surface area contributed by atoms with E-state index in [9.17, 15) is 9.18 Å². The molecule has 26 heavy (non-hydrogen) atoms. The highest BCUT2D eigenvalue weighted by Crippen LogP contribution is 2.25. The normalized spacial score (nSPS) is 12.0. The first kappa shape index (κ1) is 17.9. The molecule has 0 aromatic heterocycles. The van der Waals surface area contributed by atoms with E-state index in [-0.39, 0.29) is 17.6 Å². The number of hydrogen-bond donors (Lipinski definition) is 1. The molecule has 3 aromatic carbocycles. The number of methoxy groups -OCH3 is 1. The maximum Gasteiger partial charge on any atom is 0.227 e. The summed E-state index contributed by atoms with van der Waals surface area (Å²) in [4.78, 5) is 12.5. The van der Waals surface area contributed by atoms with Gasteiger partial charge in [0, 0.05) is 6.54 Å². The Morgan fingerprint density at radius 1 is 1.08 bits per heavy atom. The van der Waals surface area contributed by atoms with Gasteiger partial charge in [-0.2, -0.15) is 0 Å². The second-order valence-corrected chi connectivity index (χ2v) is 6.50. The van der Waals surface area contributed by atoms with Gasteiger partial charge in [-0.25, -0.2) is 4.39 Å². The average Bonchev–Trinajstić information content (AvgIpc) is 2.67. The molecule has 0 saturated heterocycles. The summed E-state index contributed by atoms with van der Waals surface area (Å²) in [6, 6.07) is 16.7. The van der Waals surface area contributed by atoms with E-state index in [1.807, 2.05) is 43.3 Å². The minimum atomic E-state index is -0.275. The zero-order chi connectivity index (χ0) is 18.7. The summed E-state index contributed by atoms with van der Waals surface area (Å²) in [5, 5.41) is 5.07. The molecule has 1 unspecified atom stereocenters. The van der Waals surface area contributed by atoms with Crippen LogP contribution in [0.1, 0.15) is 29.5 Å². The fourth-order valence-electron chi connectivity index (χ4n) is 2.95. The third-order valence-corrected chi connectivity index (χ3v) is 4.65. The van der Waals surface area contributed by atoms with E-state index in [1.165, 1.54) is 6.07 Å². The number of fused-ring (bicyclic) bond motifs is 1. The van der Waals surface area contributed by atoms with Gasteiger partial charge in [0.2, 0.25) is 5.91 Å². The molecule has 0 heterocycles. The topological polar surface area (TPSA) is 38.3 Å². The van der Waals surface area contributed by atoms with E-state index < -0.39 is 0 Å². The standard InChI is InChI=1S/C22H22FNO2/c1-14-10-16(4-9-21(14)23)13-24-22(25)15(2)17-5-6-19-12-20(26-3)8-7-18(19)11-17/h4-12,15H,13H2,1-3H3,(H,24,25). The minimum absolute atomic E-state index is 0.0557. The monoisotopic (exact) mass is 351 g/mol. The first-order chi connectivity index (χ1) is 12.5. The van der Waals surface area contributed by atoms with Crippen molar-refractivity contribution in [2.75, 3.05) is 7.11 Å². The van der Waals surface area contributed by atoms with Gasteiger partial charge >= 0.3 is 0 Å². The molecule has 0 spiro atoms. The van der Waals surface area contributed by atoms with Crippen LogP contribution in [-0.4, -0.2) is 13.0 Å². The van der Waals surface area contributed by atoms with Gasteiger partial charge in [-0.15, -0.1) is 0 Å². The zero-order valence-electron chi connectivity index (χ0n) is 15.2. The highest BCUT2D eigenvalue weighted by atomic mass is 19.1. The Morgan fingerprint density at radius 3 is 2.54 bits per heavy atom. The number of aryl methyl sites for hydroxylation is 1. The summed E-state index contributed by atoms with van der Waals surface area (Å²) in [7, 11) is 1.64. The van der Waals surface area contributed by atoms with Crippen LogP contribution in [0.4, 0.5) is 4.39 Å². The lowest BCUT2D eigenvalue weighted by molar-refractivity contribution is -0.122. The first-order valence-electron chi connectivity index (χ1n) is 8.58. The minimum Gasteiger partial charge on any atom is -0.497 e. The van der Waals surface area contributed by atoms with Crippen molar-refractivity contribution in [3.8, 4) is 5.75 Å². The molecule has 0 radical (unpaired) electrons. The van der Waals surface area contributed by atoms with Crippen LogP contribution in [0.5, 0.6) is 5.75 Å². The fraction of sp³-hybridized carbons (Fsp3) is 0.227. The predicted octanol–water partition coefficient (Wildman–Crippen LogP) is 4.72. The van der Waals surface area contributed by atoms with E-state index in [0.717, 1.165) is 27.6 Å². The Morgan fingerprint density at radius 2 is 1.81 bits per heavy atom. The summed E-state index contributed by atoms with van der Waals surface area (Å²) in [6.45, 7) is 3.98. The van der Waals surface area contributed by atoms with Crippen molar-refractivity contribution < 1.29 is 13.9 Å². The Bertz CT molecular complexity index is 952. The number of amides is 1. The number of halogens is 1. The molecule has 134 valence electrons. The Kier molecular flexibility index (Phi) is 5.21. The maximum atomic E-state index is 13.3. The van der Waals surface area contributed by atoms with Crippen molar-refractivity contribution >= 4 is 16.7 Å². The summed E-state index contributed by atoms with van der Waals surface area (Å²) >= 11 is 0. The second kappa shape index (κ2) is 7.56. The number of carbonyl (C=O) groups excluding carboxylic acids is 1. The molecule has 1 amide bonds. The van der Waals surface area contributed by atoms with Gasteiger partial charge < -0.3 is 10.1 Å². The summed E-state index contributed by atoms with van der Waals surface area (Å²) in [5.41, 5.74) is 2.42. The predicted molar refractivity (Wildman–Crippen MR) is 102 cm³/mol. The van der Waals surface area contributed by atoms with Crippen molar-refractivity contribution in [1.29, 1.82) is 0 Å². The number of nitrogens with one attached hydrogen (secondary N) is 1. The molecule has 0 bridgehead atoms. The molecule has 3 rings (SSSR count). The summed E-state index contributed by atoms with van der Waals surface area (Å²) < 4.78 is 18.6. The number of hydrogen-bond acceptors (Lipinski definition) is 2. The van der Waals surface area contributed by atoms with E-state index in [1.54, 1.807) is 26.2 Å². The molecule has 0 fully saturated rings. The van der Waals surface area contributed by atoms with Crippen molar-refractivity contribution in [2.24, 2.45) is 0 Å². The van der Waals surface area contributed by atoms with Crippen LogP contribution in [0.2, 0.25) is 0 Å². The van der Waals surface area contributed by atoms with Gasteiger partial charge in [-0.3, -0.25) is 4.79 Å². The molecule has 0 saturated carbocycles. The van der Waals surface area contributed by atoms with Gasteiger partial charge in [0.25, 0.3) is 0 Å². The lowest BCUT2D eigenvalue weighted by Gasteiger charge is -2.14. The maximum absolute atomic E-state index is 13.3. The lowest BCUT2D eigenvalue weighted by Crippen LogP contribution is -2.27. The van der Waals surface area contributed by atoms with Gasteiger partial charge in [-0.05, 0) is 59.5 Å². The number of benzene rings is 3. The number of rotatable bonds is 5. The number of ether oxygens (including phenoxy) is 1. The van der Waals surface area contributed by atoms with Crippen LogP contribution < -0.4 is 10.1 Å². The molecule has 0 aliphatic heterocycles. The fourth-order valence-corrected chi connectivity index (χ4v) is 2.95. The largest absolute Gasteiger partial charge is 0.497 e. The molecule has 4 heteroatoms. The summed E-state index contributed by atoms with van der Waals surface area (Å²) in [5.74, 6) is 0.245. The van der Waals surface area contributed by atoms with Crippen molar-refractivity contribution in [2.45, 2.75) is 26.3 Å². The smallest absolute Gasteiger partial charge is 0.227 e. The van der Waals surface area contributed by atoms with E-state index in [2.05, 4.69) is 5.32 Å². The highest BCUT2D eigenvalue weighted by molar-refractivity contribution is 5.88. The van der Waals surface area contributed by atoms with Crippen LogP contribution in [0.3, 0.4) is 0 Å². The molecule has 0 aliphatic rings. The zero-order valence-corrected chi connectivity index (χ0v) is 15.2. The van der Waals surface area contributed by atoms with Crippen LogP contribution in [0.15, 0.2) is 54.6 Å². The van der Waals surface area contributed by atoms with Gasteiger partial charge in [0.05, 0.1) is 13.0 Å². The Labute approximate surface area is 152 Å². The quantitative estimate of drug-likeness (QED) is 0.722.